The number of hydrogen-bond donors (Lipinski definition) is 2. The Morgan fingerprint density at radius 1 is 1.24 bits per heavy atom. The molecule has 0 radical (unpaired) electrons. The number of alkyl halides is 2. The molecule has 2 aromatic heterocycles. The number of imidazole rings is 2. The maximum atomic E-state index is 13.8. The Morgan fingerprint density at radius 2 is 2.07 bits per heavy atom. The number of carbonyl (C=O) groups excluding carboxylic acids is 1. The summed E-state index contributed by atoms with van der Waals surface area (Å²) in [5.74, 6) is -1.47. The topological polar surface area (TPSA) is 75.6 Å². The Morgan fingerprint density at radius 3 is 2.79 bits per heavy atom. The van der Waals surface area contributed by atoms with Gasteiger partial charge in [0.25, 0.3) is 12.3 Å². The molecule has 10 heteroatoms. The van der Waals surface area contributed by atoms with Crippen LogP contribution >= 0.6 is 11.8 Å². The molecule has 4 aromatic rings. The minimum Gasteiger partial charge on any atom is -0.337 e. The fraction of sp³-hybridized carbons (Fsp3) is 0.105. The predicted molar refractivity (Wildman–Crippen MR) is 103 cm³/mol. The van der Waals surface area contributed by atoms with Gasteiger partial charge in [0, 0.05) is 29.9 Å². The number of fused-ring (bicyclic) bond motifs is 1. The standard InChI is InChI=1S/C19H14F3N5OS/c1-27-7-6-23-19(27)29-15-5-3-11(20)9-14(15)26-18(28)10-2-4-12-13(8-10)25-17(24-12)16(21)22/h2-9,16H,1H3,(H,24,25)(H,26,28). The Kier molecular flexibility index (Phi) is 5.01. The number of nitrogens with zero attached hydrogens (tertiary/aromatic N) is 3. The highest BCUT2D eigenvalue weighted by molar-refractivity contribution is 7.99. The molecule has 0 atom stereocenters. The second-order valence-corrected chi connectivity index (χ2v) is 7.18. The van der Waals surface area contributed by atoms with Crippen LogP contribution in [0, 0.1) is 5.82 Å². The number of aryl methyl sites for hydroxylation is 1. The lowest BCUT2D eigenvalue weighted by Gasteiger charge is -2.11. The van der Waals surface area contributed by atoms with E-state index >= 15 is 0 Å². The van der Waals surface area contributed by atoms with Gasteiger partial charge in [0.15, 0.2) is 11.0 Å². The molecule has 2 N–H and O–H groups in total. The summed E-state index contributed by atoms with van der Waals surface area (Å²) in [4.78, 5) is 23.8. The number of H-pyrrole nitrogens is 1. The van der Waals surface area contributed by atoms with Crippen LogP contribution in [0.15, 0.2) is 58.8 Å². The molecule has 0 spiro atoms. The van der Waals surface area contributed by atoms with Crippen LogP contribution in [0.1, 0.15) is 22.6 Å². The lowest BCUT2D eigenvalue weighted by Crippen LogP contribution is -2.12. The molecule has 0 saturated carbocycles. The zero-order valence-corrected chi connectivity index (χ0v) is 15.8. The average molecular weight is 417 g/mol. The third kappa shape index (κ3) is 3.97. The molecule has 2 heterocycles. The number of hydrogen-bond acceptors (Lipinski definition) is 4. The number of nitrogens with one attached hydrogen (secondary N) is 2. The smallest absolute Gasteiger partial charge is 0.295 e. The largest absolute Gasteiger partial charge is 0.337 e. The first-order valence-electron chi connectivity index (χ1n) is 8.44. The molecule has 0 unspecified atom stereocenters. The van der Waals surface area contributed by atoms with Crippen LogP contribution in [0.25, 0.3) is 11.0 Å². The first kappa shape index (κ1) is 19.1. The highest BCUT2D eigenvalue weighted by atomic mass is 32.2. The van der Waals surface area contributed by atoms with Crippen LogP contribution in [-0.4, -0.2) is 25.4 Å². The van der Waals surface area contributed by atoms with E-state index in [-0.39, 0.29) is 11.3 Å². The van der Waals surface area contributed by atoms with Gasteiger partial charge in [0.05, 0.1) is 16.7 Å². The number of halogens is 3. The molecule has 0 aliphatic rings. The van der Waals surface area contributed by atoms with Gasteiger partial charge in [-0.1, -0.05) is 0 Å². The first-order valence-corrected chi connectivity index (χ1v) is 9.26. The molecule has 1 amide bonds. The minimum atomic E-state index is -2.74. The van der Waals surface area contributed by atoms with Crippen molar-refractivity contribution in [1.82, 2.24) is 19.5 Å². The maximum absolute atomic E-state index is 13.8. The molecular weight excluding hydrogens is 403 g/mol. The van der Waals surface area contributed by atoms with Crippen LogP contribution in [0.4, 0.5) is 18.9 Å². The third-order valence-corrected chi connectivity index (χ3v) is 5.29. The number of carbonyl (C=O) groups is 1. The van der Waals surface area contributed by atoms with E-state index in [0.717, 1.165) is 0 Å². The summed E-state index contributed by atoms with van der Waals surface area (Å²) in [6.45, 7) is 0. The van der Waals surface area contributed by atoms with Crippen molar-refractivity contribution in [2.45, 2.75) is 16.5 Å². The van der Waals surface area contributed by atoms with Gasteiger partial charge in [-0.2, -0.15) is 0 Å². The van der Waals surface area contributed by atoms with E-state index in [1.165, 1.54) is 42.1 Å². The molecule has 148 valence electrons. The number of amides is 1. The summed E-state index contributed by atoms with van der Waals surface area (Å²) >= 11 is 1.27. The van der Waals surface area contributed by atoms with Crippen molar-refractivity contribution >= 4 is 34.4 Å². The quantitative estimate of drug-likeness (QED) is 0.490. The Hall–Kier alpha value is -3.27. The zero-order chi connectivity index (χ0) is 20.5. The number of aromatic amines is 1. The fourth-order valence-electron chi connectivity index (χ4n) is 2.71. The SMILES string of the molecule is Cn1ccnc1Sc1ccc(F)cc1NC(=O)c1ccc2nc(C(F)F)[nH]c2c1. The Labute approximate surface area is 167 Å². The normalized spacial score (nSPS) is 11.3. The van der Waals surface area contributed by atoms with Crippen molar-refractivity contribution in [2.75, 3.05) is 5.32 Å². The monoisotopic (exact) mass is 417 g/mol. The fourth-order valence-corrected chi connectivity index (χ4v) is 3.58. The van der Waals surface area contributed by atoms with Gasteiger partial charge in [-0.15, -0.1) is 0 Å². The van der Waals surface area contributed by atoms with E-state index in [4.69, 9.17) is 0 Å². The van der Waals surface area contributed by atoms with E-state index in [9.17, 15) is 18.0 Å². The van der Waals surface area contributed by atoms with Gasteiger partial charge in [-0.25, -0.2) is 23.1 Å². The molecule has 0 saturated heterocycles. The van der Waals surface area contributed by atoms with Crippen molar-refractivity contribution in [1.29, 1.82) is 0 Å². The van der Waals surface area contributed by atoms with E-state index in [1.807, 2.05) is 7.05 Å². The molecule has 0 bridgehead atoms. The molecule has 29 heavy (non-hydrogen) atoms. The summed E-state index contributed by atoms with van der Waals surface area (Å²) in [7, 11) is 1.82. The van der Waals surface area contributed by atoms with Crippen molar-refractivity contribution in [3.8, 4) is 0 Å². The summed E-state index contributed by atoms with van der Waals surface area (Å²) in [5.41, 5.74) is 1.14. The van der Waals surface area contributed by atoms with Gasteiger partial charge < -0.3 is 14.9 Å². The summed E-state index contributed by atoms with van der Waals surface area (Å²) in [6, 6.07) is 8.43. The second-order valence-electron chi connectivity index (χ2n) is 6.17. The average Bonchev–Trinajstić information content (AvgIpc) is 3.29. The number of rotatable bonds is 5. The van der Waals surface area contributed by atoms with Crippen molar-refractivity contribution < 1.29 is 18.0 Å². The molecule has 0 aliphatic carbocycles. The molecule has 0 aliphatic heterocycles. The molecule has 0 fully saturated rings. The number of aromatic nitrogens is 4. The van der Waals surface area contributed by atoms with Crippen LogP contribution < -0.4 is 5.32 Å². The van der Waals surface area contributed by atoms with E-state index in [2.05, 4.69) is 20.3 Å². The van der Waals surface area contributed by atoms with Gasteiger partial charge in [0.2, 0.25) is 0 Å². The zero-order valence-electron chi connectivity index (χ0n) is 15.0. The van der Waals surface area contributed by atoms with E-state index < -0.39 is 24.0 Å². The van der Waals surface area contributed by atoms with Crippen molar-refractivity contribution in [3.63, 3.8) is 0 Å². The van der Waals surface area contributed by atoms with Crippen LogP contribution in [0.5, 0.6) is 0 Å². The van der Waals surface area contributed by atoms with Gasteiger partial charge >= 0.3 is 0 Å². The highest BCUT2D eigenvalue weighted by Gasteiger charge is 2.16. The van der Waals surface area contributed by atoms with Crippen molar-refractivity contribution in [3.05, 3.63) is 66.0 Å². The number of benzene rings is 2. The molecular formula is C19H14F3N5OS. The van der Waals surface area contributed by atoms with Gasteiger partial charge in [-0.3, -0.25) is 4.79 Å². The highest BCUT2D eigenvalue weighted by Crippen LogP contribution is 2.33. The van der Waals surface area contributed by atoms with Crippen molar-refractivity contribution in [2.24, 2.45) is 7.05 Å². The molecule has 2 aromatic carbocycles. The maximum Gasteiger partial charge on any atom is 0.295 e. The minimum absolute atomic E-state index is 0.221. The third-order valence-electron chi connectivity index (χ3n) is 4.14. The summed E-state index contributed by atoms with van der Waals surface area (Å²) in [5, 5.41) is 3.35. The summed E-state index contributed by atoms with van der Waals surface area (Å²) in [6.07, 6.45) is 0.673. The summed E-state index contributed by atoms with van der Waals surface area (Å²) < 4.78 is 41.2. The second kappa shape index (κ2) is 7.63. The van der Waals surface area contributed by atoms with Gasteiger partial charge in [-0.05, 0) is 48.2 Å². The lowest BCUT2D eigenvalue weighted by atomic mass is 10.2. The molecule has 4 rings (SSSR count). The molecule has 6 nitrogen and oxygen atoms in total. The Balaban J connectivity index is 1.61. The first-order chi connectivity index (χ1) is 13.9. The predicted octanol–water partition coefficient (Wildman–Crippen LogP) is 4.78. The van der Waals surface area contributed by atoms with Crippen LogP contribution in [0.3, 0.4) is 0 Å². The van der Waals surface area contributed by atoms with E-state index in [1.54, 1.807) is 23.0 Å². The van der Waals surface area contributed by atoms with E-state index in [0.29, 0.717) is 21.1 Å². The number of anilines is 1. The Bertz CT molecular complexity index is 1200. The van der Waals surface area contributed by atoms with Crippen LogP contribution in [-0.2, 0) is 7.05 Å². The van der Waals surface area contributed by atoms with Gasteiger partial charge in [0.1, 0.15) is 5.82 Å². The van der Waals surface area contributed by atoms with Crippen LogP contribution in [0.2, 0.25) is 0 Å². The lowest BCUT2D eigenvalue weighted by molar-refractivity contribution is 0.102.